The van der Waals surface area contributed by atoms with Crippen LogP contribution in [0.3, 0.4) is 0 Å². The van der Waals surface area contributed by atoms with Gasteiger partial charge in [0.25, 0.3) is 0 Å². The van der Waals surface area contributed by atoms with E-state index in [1.807, 2.05) is 17.3 Å². The highest BCUT2D eigenvalue weighted by atomic mass is 32.2. The Labute approximate surface area is 193 Å². The first-order chi connectivity index (χ1) is 15.6. The summed E-state index contributed by atoms with van der Waals surface area (Å²) in [6.07, 6.45) is 2.34. The highest BCUT2D eigenvalue weighted by Crippen LogP contribution is 2.31. The van der Waals surface area contributed by atoms with Gasteiger partial charge in [-0.25, -0.2) is 27.6 Å². The van der Waals surface area contributed by atoms with Crippen molar-refractivity contribution in [2.75, 3.05) is 25.0 Å². The average Bonchev–Trinajstić information content (AvgIpc) is 3.50. The molecule has 8 nitrogen and oxygen atoms in total. The summed E-state index contributed by atoms with van der Waals surface area (Å²) in [6, 6.07) is 4.06. The van der Waals surface area contributed by atoms with Crippen molar-refractivity contribution in [1.29, 1.82) is 0 Å². The van der Waals surface area contributed by atoms with Gasteiger partial charge < -0.3 is 4.90 Å². The number of likely N-dealkylation sites (tertiary alicyclic amines) is 1. The minimum atomic E-state index is -4.23. The van der Waals surface area contributed by atoms with Crippen molar-refractivity contribution in [2.45, 2.75) is 36.9 Å². The van der Waals surface area contributed by atoms with Gasteiger partial charge in [-0.1, -0.05) is 0 Å². The molecular weight excluding hydrogens is 477 g/mol. The van der Waals surface area contributed by atoms with Gasteiger partial charge in [0.05, 0.1) is 16.9 Å². The van der Waals surface area contributed by atoms with E-state index in [0.29, 0.717) is 41.1 Å². The zero-order chi connectivity index (χ0) is 23.8. The summed E-state index contributed by atoms with van der Waals surface area (Å²) >= 11 is 1.41. The Hall–Kier alpha value is -2.48. The standard InChI is InChI=1S/C20H23F3N6O2S2/c1-27(16-3-4-28(10-16)9-14-2-5-29(26-14)20(22)23)18-8-17(21)19(33(24,30)31)7-13(18)6-15-11-32-12-25-15/h2,5,7-8,11-12,16,20H,3-4,6,9-10H2,1H3,(H2,24,30,31)/t16-/m0/s1. The second-order valence-electron chi connectivity index (χ2n) is 7.97. The SMILES string of the molecule is CN(c1cc(F)c(S(N)(=O)=O)cc1Cc1cscn1)[C@H]1CCN(Cc2ccn(C(F)F)n2)C1. The molecule has 1 aromatic carbocycles. The summed E-state index contributed by atoms with van der Waals surface area (Å²) in [6.45, 7) is -0.917. The monoisotopic (exact) mass is 500 g/mol. The lowest BCUT2D eigenvalue weighted by Crippen LogP contribution is -2.35. The number of benzene rings is 1. The molecule has 2 aromatic heterocycles. The number of nitrogens with zero attached hydrogens (tertiary/aromatic N) is 5. The van der Waals surface area contributed by atoms with Gasteiger partial charge in [-0.05, 0) is 30.2 Å². The highest BCUT2D eigenvalue weighted by molar-refractivity contribution is 7.89. The topological polar surface area (TPSA) is 97.3 Å². The fourth-order valence-corrected chi connectivity index (χ4v) is 5.26. The molecule has 0 amide bonds. The largest absolute Gasteiger partial charge is 0.370 e. The third kappa shape index (κ3) is 5.37. The number of nitrogens with two attached hydrogens (primary N) is 1. The van der Waals surface area contributed by atoms with Crippen LogP contribution in [0, 0.1) is 5.82 Å². The first kappa shape index (κ1) is 23.7. The molecule has 1 fully saturated rings. The van der Waals surface area contributed by atoms with E-state index >= 15 is 0 Å². The molecule has 1 saturated heterocycles. The maximum atomic E-state index is 14.7. The van der Waals surface area contributed by atoms with Gasteiger partial charge in [-0.3, -0.25) is 4.90 Å². The molecule has 0 unspecified atom stereocenters. The first-order valence-electron chi connectivity index (χ1n) is 10.1. The van der Waals surface area contributed by atoms with E-state index in [9.17, 15) is 21.6 Å². The fraction of sp³-hybridized carbons (Fsp3) is 0.400. The van der Waals surface area contributed by atoms with Crippen LogP contribution in [0.4, 0.5) is 18.9 Å². The van der Waals surface area contributed by atoms with Gasteiger partial charge in [0.1, 0.15) is 10.7 Å². The second-order valence-corrected chi connectivity index (χ2v) is 10.2. The normalized spacial score (nSPS) is 17.2. The lowest BCUT2D eigenvalue weighted by molar-refractivity contribution is 0.0558. The molecule has 0 spiro atoms. The van der Waals surface area contributed by atoms with Gasteiger partial charge in [-0.2, -0.15) is 13.9 Å². The number of rotatable bonds is 8. The molecule has 3 heterocycles. The van der Waals surface area contributed by atoms with Crippen LogP contribution in [0.2, 0.25) is 0 Å². The molecule has 33 heavy (non-hydrogen) atoms. The zero-order valence-corrected chi connectivity index (χ0v) is 19.4. The van der Waals surface area contributed by atoms with Crippen molar-refractivity contribution >= 4 is 27.0 Å². The smallest absolute Gasteiger partial charge is 0.333 e. The minimum Gasteiger partial charge on any atom is -0.370 e. The summed E-state index contributed by atoms with van der Waals surface area (Å²) in [4.78, 5) is 7.72. The van der Waals surface area contributed by atoms with Gasteiger partial charge in [-0.15, -0.1) is 11.3 Å². The van der Waals surface area contributed by atoms with E-state index in [1.165, 1.54) is 29.7 Å². The molecular formula is C20H23F3N6O2S2. The maximum Gasteiger partial charge on any atom is 0.333 e. The molecule has 0 aliphatic carbocycles. The third-order valence-corrected chi connectivity index (χ3v) is 7.28. The molecule has 0 bridgehead atoms. The number of primary sulfonamides is 1. The Kier molecular flexibility index (Phi) is 6.75. The number of halogens is 3. The molecule has 1 atom stereocenters. The Balaban J connectivity index is 1.55. The van der Waals surface area contributed by atoms with Crippen molar-refractivity contribution in [2.24, 2.45) is 5.14 Å². The number of thiazole rings is 1. The molecule has 1 aliphatic heterocycles. The number of sulfonamides is 1. The zero-order valence-electron chi connectivity index (χ0n) is 17.7. The van der Waals surface area contributed by atoms with Gasteiger partial charge in [0.2, 0.25) is 10.0 Å². The van der Waals surface area contributed by atoms with Crippen molar-refractivity contribution in [1.82, 2.24) is 19.7 Å². The molecule has 0 radical (unpaired) electrons. The van der Waals surface area contributed by atoms with E-state index in [-0.39, 0.29) is 6.04 Å². The molecule has 1 aliphatic rings. The van der Waals surface area contributed by atoms with Crippen molar-refractivity contribution in [3.8, 4) is 0 Å². The summed E-state index contributed by atoms with van der Waals surface area (Å²) in [5.74, 6) is -0.909. The second kappa shape index (κ2) is 9.41. The fourth-order valence-electron chi connectivity index (χ4n) is 4.06. The molecule has 178 valence electrons. The van der Waals surface area contributed by atoms with Crippen LogP contribution in [-0.2, 0) is 23.0 Å². The molecule has 3 aromatic rings. The number of aromatic nitrogens is 3. The van der Waals surface area contributed by atoms with Gasteiger partial charge in [0, 0.05) is 56.4 Å². The van der Waals surface area contributed by atoms with E-state index in [0.717, 1.165) is 18.7 Å². The van der Waals surface area contributed by atoms with Crippen molar-refractivity contribution in [3.05, 3.63) is 58.1 Å². The first-order valence-corrected chi connectivity index (χ1v) is 12.6. The average molecular weight is 501 g/mol. The van der Waals surface area contributed by atoms with E-state index in [1.54, 1.807) is 11.6 Å². The highest BCUT2D eigenvalue weighted by Gasteiger charge is 2.29. The van der Waals surface area contributed by atoms with E-state index in [4.69, 9.17) is 5.14 Å². The Morgan fingerprint density at radius 3 is 2.76 bits per heavy atom. The van der Waals surface area contributed by atoms with E-state index < -0.39 is 27.3 Å². The van der Waals surface area contributed by atoms with Crippen LogP contribution in [0.1, 0.15) is 29.9 Å². The summed E-state index contributed by atoms with van der Waals surface area (Å²) in [5.41, 5.74) is 4.12. The number of anilines is 1. The molecule has 4 rings (SSSR count). The Bertz CT molecular complexity index is 1220. The van der Waals surface area contributed by atoms with Crippen LogP contribution < -0.4 is 10.0 Å². The molecule has 0 saturated carbocycles. The summed E-state index contributed by atoms with van der Waals surface area (Å²) in [5, 5.41) is 10.9. The lowest BCUT2D eigenvalue weighted by atomic mass is 10.1. The van der Waals surface area contributed by atoms with E-state index in [2.05, 4.69) is 15.0 Å². The van der Waals surface area contributed by atoms with Crippen LogP contribution in [0.15, 0.2) is 40.2 Å². The van der Waals surface area contributed by atoms with Crippen molar-refractivity contribution < 1.29 is 21.6 Å². The van der Waals surface area contributed by atoms with Crippen LogP contribution >= 0.6 is 11.3 Å². The van der Waals surface area contributed by atoms with Gasteiger partial charge >= 0.3 is 6.55 Å². The quantitative estimate of drug-likeness (QED) is 0.511. The number of hydrogen-bond acceptors (Lipinski definition) is 7. The van der Waals surface area contributed by atoms with Crippen molar-refractivity contribution in [3.63, 3.8) is 0 Å². The molecule has 2 N–H and O–H groups in total. The van der Waals surface area contributed by atoms with Crippen LogP contribution in [-0.4, -0.2) is 54.3 Å². The number of hydrogen-bond donors (Lipinski definition) is 1. The third-order valence-electron chi connectivity index (χ3n) is 5.72. The number of likely N-dealkylation sites (N-methyl/N-ethyl adjacent to an activating group) is 1. The Morgan fingerprint density at radius 1 is 1.33 bits per heavy atom. The predicted molar refractivity (Wildman–Crippen MR) is 118 cm³/mol. The summed E-state index contributed by atoms with van der Waals surface area (Å²) in [7, 11) is -2.40. The number of alkyl halides is 2. The summed E-state index contributed by atoms with van der Waals surface area (Å²) < 4.78 is 64.5. The predicted octanol–water partition coefficient (Wildman–Crippen LogP) is 2.82. The Morgan fingerprint density at radius 2 is 2.12 bits per heavy atom. The molecule has 13 heteroatoms. The van der Waals surface area contributed by atoms with Crippen LogP contribution in [0.5, 0.6) is 0 Å². The van der Waals surface area contributed by atoms with Gasteiger partial charge in [0.15, 0.2) is 0 Å². The lowest BCUT2D eigenvalue weighted by Gasteiger charge is -2.29. The van der Waals surface area contributed by atoms with Crippen LogP contribution in [0.25, 0.3) is 0 Å². The minimum absolute atomic E-state index is 0.0103. The maximum absolute atomic E-state index is 14.7.